The Kier molecular flexibility index (Phi) is 1.84. The van der Waals surface area contributed by atoms with Crippen LogP contribution in [0.4, 0.5) is 0 Å². The number of aromatic nitrogens is 1. The average Bonchev–Trinajstić information content (AvgIpc) is 2.46. The summed E-state index contributed by atoms with van der Waals surface area (Å²) in [5, 5.41) is 11.4. The summed E-state index contributed by atoms with van der Waals surface area (Å²) >= 11 is 3.30. The number of carboxylic acid groups (broad SMARTS) is 1. The Morgan fingerprint density at radius 3 is 2.85 bits per heavy atom. The highest BCUT2D eigenvalue weighted by molar-refractivity contribution is 9.10. The molecule has 0 spiro atoms. The lowest BCUT2D eigenvalue weighted by molar-refractivity contribution is -0.255. The highest BCUT2D eigenvalue weighted by Gasteiger charge is 2.00. The Hall–Kier alpha value is -1.29. The van der Waals surface area contributed by atoms with E-state index in [1.807, 2.05) is 18.2 Å². The Morgan fingerprint density at radius 1 is 1.38 bits per heavy atom. The molecule has 1 N–H and O–H groups in total. The van der Waals surface area contributed by atoms with E-state index in [1.54, 1.807) is 6.07 Å². The molecular weight excluding hydrogens is 234 g/mol. The Balaban J connectivity index is 2.68. The fourth-order valence-corrected chi connectivity index (χ4v) is 1.59. The number of hydrogen-bond donors (Lipinski definition) is 1. The van der Waals surface area contributed by atoms with E-state index < -0.39 is 5.97 Å². The third-order valence-electron chi connectivity index (χ3n) is 1.80. The maximum Gasteiger partial charge on any atom is 0.0878 e. The van der Waals surface area contributed by atoms with Crippen molar-refractivity contribution < 1.29 is 9.90 Å². The zero-order chi connectivity index (χ0) is 9.42. The van der Waals surface area contributed by atoms with E-state index in [-0.39, 0.29) is 5.69 Å². The molecule has 4 heteroatoms. The number of hydrogen-bond acceptors (Lipinski definition) is 2. The van der Waals surface area contributed by atoms with Gasteiger partial charge in [0.25, 0.3) is 0 Å². The first kappa shape index (κ1) is 8.31. The van der Waals surface area contributed by atoms with Gasteiger partial charge in [-0.1, -0.05) is 15.9 Å². The molecular formula is C9H5BrNO2-. The second kappa shape index (κ2) is 2.88. The number of fused-ring (bicyclic) bond motifs is 1. The number of carboxylic acids is 1. The van der Waals surface area contributed by atoms with E-state index in [9.17, 15) is 9.90 Å². The molecule has 0 aliphatic carbocycles. The van der Waals surface area contributed by atoms with Crippen LogP contribution in [0.1, 0.15) is 10.5 Å². The van der Waals surface area contributed by atoms with E-state index in [1.165, 1.54) is 0 Å². The summed E-state index contributed by atoms with van der Waals surface area (Å²) in [5.74, 6) is -1.19. The van der Waals surface area contributed by atoms with Crippen molar-refractivity contribution in [2.75, 3.05) is 0 Å². The molecule has 0 fully saturated rings. The molecule has 1 aromatic carbocycles. The van der Waals surface area contributed by atoms with Crippen molar-refractivity contribution in [3.8, 4) is 0 Å². The van der Waals surface area contributed by atoms with Crippen molar-refractivity contribution in [3.05, 3.63) is 34.4 Å². The number of aromatic amines is 1. The molecule has 13 heavy (non-hydrogen) atoms. The van der Waals surface area contributed by atoms with E-state index in [0.717, 1.165) is 15.4 Å². The summed E-state index contributed by atoms with van der Waals surface area (Å²) < 4.78 is 0.920. The number of nitrogens with one attached hydrogen (secondary N) is 1. The molecule has 0 bridgehead atoms. The van der Waals surface area contributed by atoms with Crippen molar-refractivity contribution >= 4 is 32.8 Å². The minimum atomic E-state index is -1.19. The lowest BCUT2D eigenvalue weighted by atomic mass is 10.2. The molecule has 66 valence electrons. The smallest absolute Gasteiger partial charge is 0.0878 e. The van der Waals surface area contributed by atoms with Gasteiger partial charge >= 0.3 is 0 Å². The largest absolute Gasteiger partial charge is 0.543 e. The number of H-pyrrole nitrogens is 1. The fourth-order valence-electron chi connectivity index (χ4n) is 1.21. The van der Waals surface area contributed by atoms with Crippen molar-refractivity contribution in [2.45, 2.75) is 0 Å². The Bertz CT molecular complexity index is 475. The second-order valence-electron chi connectivity index (χ2n) is 2.70. The van der Waals surface area contributed by atoms with Gasteiger partial charge in [-0.3, -0.25) is 0 Å². The summed E-state index contributed by atoms with van der Waals surface area (Å²) in [5.41, 5.74) is 0.899. The van der Waals surface area contributed by atoms with Crippen molar-refractivity contribution in [2.24, 2.45) is 0 Å². The number of halogens is 1. The maximum absolute atomic E-state index is 10.5. The van der Waals surface area contributed by atoms with Crippen molar-refractivity contribution in [1.29, 1.82) is 0 Å². The zero-order valence-electron chi connectivity index (χ0n) is 6.50. The second-order valence-corrected chi connectivity index (χ2v) is 3.62. The van der Waals surface area contributed by atoms with Crippen LogP contribution in [0, 0.1) is 0 Å². The first-order valence-corrected chi connectivity index (χ1v) is 4.46. The minimum Gasteiger partial charge on any atom is -0.543 e. The molecule has 2 aromatic rings. The van der Waals surface area contributed by atoms with Gasteiger partial charge in [0.15, 0.2) is 0 Å². The highest BCUT2D eigenvalue weighted by atomic mass is 79.9. The van der Waals surface area contributed by atoms with Gasteiger partial charge in [-0.05, 0) is 24.3 Å². The van der Waals surface area contributed by atoms with Crippen LogP contribution in [0.15, 0.2) is 28.7 Å². The summed E-state index contributed by atoms with van der Waals surface area (Å²) in [6.45, 7) is 0. The van der Waals surface area contributed by atoms with Gasteiger partial charge < -0.3 is 14.9 Å². The van der Waals surface area contributed by atoms with Crippen LogP contribution in [-0.4, -0.2) is 11.0 Å². The molecule has 0 atom stereocenters. The Morgan fingerprint density at radius 2 is 2.15 bits per heavy atom. The van der Waals surface area contributed by atoms with E-state index in [4.69, 9.17) is 0 Å². The summed E-state index contributed by atoms with van der Waals surface area (Å²) in [7, 11) is 0. The molecule has 0 unspecified atom stereocenters. The first-order valence-electron chi connectivity index (χ1n) is 3.66. The zero-order valence-corrected chi connectivity index (χ0v) is 8.09. The predicted molar refractivity (Wildman–Crippen MR) is 50.3 cm³/mol. The molecule has 0 amide bonds. The van der Waals surface area contributed by atoms with Gasteiger partial charge in [-0.2, -0.15) is 0 Å². The molecule has 0 radical (unpaired) electrons. The topological polar surface area (TPSA) is 55.9 Å². The number of rotatable bonds is 1. The molecule has 2 rings (SSSR count). The molecule has 0 aliphatic rings. The molecule has 1 aromatic heterocycles. The number of carbonyl (C=O) groups excluding carboxylic acids is 1. The number of benzene rings is 1. The van der Waals surface area contributed by atoms with Gasteiger partial charge in [-0.25, -0.2) is 0 Å². The summed E-state index contributed by atoms with van der Waals surface area (Å²) in [6.07, 6.45) is 0. The number of carbonyl (C=O) groups is 1. The molecule has 0 saturated carbocycles. The minimum absolute atomic E-state index is 0.105. The van der Waals surface area contributed by atoms with Gasteiger partial charge in [0.2, 0.25) is 0 Å². The van der Waals surface area contributed by atoms with Crippen molar-refractivity contribution in [3.63, 3.8) is 0 Å². The first-order chi connectivity index (χ1) is 6.16. The van der Waals surface area contributed by atoms with Crippen LogP contribution in [0.3, 0.4) is 0 Å². The molecule has 3 nitrogen and oxygen atoms in total. The number of aromatic carboxylic acids is 1. The maximum atomic E-state index is 10.5. The van der Waals surface area contributed by atoms with Gasteiger partial charge in [0.1, 0.15) is 0 Å². The van der Waals surface area contributed by atoms with Crippen molar-refractivity contribution in [1.82, 2.24) is 4.98 Å². The predicted octanol–water partition coefficient (Wildman–Crippen LogP) is 1.29. The lowest BCUT2D eigenvalue weighted by Gasteiger charge is -1.93. The van der Waals surface area contributed by atoms with Gasteiger partial charge in [0, 0.05) is 15.4 Å². The quantitative estimate of drug-likeness (QED) is 0.815. The van der Waals surface area contributed by atoms with Gasteiger partial charge in [0.05, 0.1) is 11.7 Å². The highest BCUT2D eigenvalue weighted by Crippen LogP contribution is 2.19. The molecule has 0 saturated heterocycles. The van der Waals surface area contributed by atoms with E-state index in [0.29, 0.717) is 0 Å². The van der Waals surface area contributed by atoms with Crippen LogP contribution in [0.25, 0.3) is 10.9 Å². The van der Waals surface area contributed by atoms with Crippen LogP contribution < -0.4 is 5.11 Å². The standard InChI is InChI=1S/C9H6BrNO2/c10-6-1-2-7-5(3-6)4-8(11-7)9(12)13/h1-4,11H,(H,12,13)/p-1. The average molecular weight is 239 g/mol. The van der Waals surface area contributed by atoms with Gasteiger partial charge in [-0.15, -0.1) is 0 Å². The fraction of sp³-hybridized carbons (Fsp3) is 0. The molecule has 1 heterocycles. The molecule has 0 aliphatic heterocycles. The van der Waals surface area contributed by atoms with E-state index in [2.05, 4.69) is 20.9 Å². The third-order valence-corrected chi connectivity index (χ3v) is 2.30. The SMILES string of the molecule is O=C([O-])c1cc2cc(Br)ccc2[nH]1. The monoisotopic (exact) mass is 238 g/mol. The summed E-state index contributed by atoms with van der Waals surface area (Å²) in [6, 6.07) is 7.05. The lowest BCUT2D eigenvalue weighted by Crippen LogP contribution is -2.22. The Labute approximate surface area is 82.5 Å². The third kappa shape index (κ3) is 1.45. The van der Waals surface area contributed by atoms with Crippen LogP contribution >= 0.6 is 15.9 Å². The van der Waals surface area contributed by atoms with Crippen LogP contribution in [0.5, 0.6) is 0 Å². The van der Waals surface area contributed by atoms with Crippen LogP contribution in [0.2, 0.25) is 0 Å². The van der Waals surface area contributed by atoms with Crippen LogP contribution in [-0.2, 0) is 0 Å². The summed E-state index contributed by atoms with van der Waals surface area (Å²) in [4.78, 5) is 13.2. The normalized spacial score (nSPS) is 10.5. The van der Waals surface area contributed by atoms with E-state index >= 15 is 0 Å².